The fraction of sp³-hybridized carbons (Fsp3) is 0.556. The van der Waals surface area contributed by atoms with E-state index in [9.17, 15) is 0 Å². The van der Waals surface area contributed by atoms with Crippen LogP contribution in [0.25, 0.3) is 0 Å². The molecule has 0 aliphatic rings. The summed E-state index contributed by atoms with van der Waals surface area (Å²) in [4.78, 5) is 1.40. The van der Waals surface area contributed by atoms with E-state index in [1.165, 1.54) is 4.80 Å². The number of hydrogen-bond donors (Lipinski definition) is 0. The minimum absolute atomic E-state index is 0.303. The van der Waals surface area contributed by atoms with Crippen molar-refractivity contribution in [3.05, 3.63) is 18.2 Å². The first-order valence-electron chi connectivity index (χ1n) is 5.05. The van der Waals surface area contributed by atoms with Crippen molar-refractivity contribution >= 4 is 0 Å². The van der Waals surface area contributed by atoms with Gasteiger partial charge in [-0.3, -0.25) is 4.68 Å². The topological polar surface area (TPSA) is 70.7 Å². The maximum atomic E-state index is 5.47. The van der Waals surface area contributed by atoms with Crippen LogP contribution in [-0.2, 0) is 13.7 Å². The van der Waals surface area contributed by atoms with Gasteiger partial charge < -0.3 is 4.74 Å². The quantitative estimate of drug-likeness (QED) is 0.756. The second kappa shape index (κ2) is 4.30. The maximum absolute atomic E-state index is 5.47. The average Bonchev–Trinajstić information content (AvgIpc) is 2.83. The van der Waals surface area contributed by atoms with E-state index < -0.39 is 0 Å². The summed E-state index contributed by atoms with van der Waals surface area (Å²) in [6.45, 7) is 4.42. The highest BCUT2D eigenvalue weighted by Crippen LogP contribution is 2.13. The molecule has 2 rings (SSSR count). The molecule has 7 heteroatoms. The molecular formula is C9H14N6O. The lowest BCUT2D eigenvalue weighted by atomic mass is 10.4. The van der Waals surface area contributed by atoms with E-state index in [0.717, 1.165) is 0 Å². The number of aromatic nitrogens is 6. The van der Waals surface area contributed by atoms with E-state index in [0.29, 0.717) is 24.2 Å². The minimum atomic E-state index is 0.303. The first-order chi connectivity index (χ1) is 7.65. The second-order valence-corrected chi connectivity index (χ2v) is 3.73. The molecule has 0 N–H and O–H groups in total. The SMILES string of the molecule is CC(C)n1cc(OCc2nnn(C)n2)cn1. The average molecular weight is 222 g/mol. The Labute approximate surface area is 93.0 Å². The summed E-state index contributed by atoms with van der Waals surface area (Å²) in [5, 5.41) is 15.7. The molecule has 0 saturated heterocycles. The van der Waals surface area contributed by atoms with E-state index in [-0.39, 0.29) is 0 Å². The Morgan fingerprint density at radius 2 is 2.25 bits per heavy atom. The number of aryl methyl sites for hydroxylation is 1. The van der Waals surface area contributed by atoms with Gasteiger partial charge in [-0.15, -0.1) is 10.2 Å². The lowest BCUT2D eigenvalue weighted by molar-refractivity contribution is 0.294. The molecule has 0 bridgehead atoms. The number of rotatable bonds is 4. The molecule has 7 nitrogen and oxygen atoms in total. The van der Waals surface area contributed by atoms with Gasteiger partial charge in [-0.25, -0.2) is 0 Å². The van der Waals surface area contributed by atoms with Gasteiger partial charge in [0, 0.05) is 6.04 Å². The predicted octanol–water partition coefficient (Wildman–Crippen LogP) is 0.567. The normalized spacial score (nSPS) is 11.0. The Morgan fingerprint density at radius 1 is 1.44 bits per heavy atom. The van der Waals surface area contributed by atoms with Gasteiger partial charge in [-0.2, -0.15) is 9.90 Å². The molecule has 0 fully saturated rings. The van der Waals surface area contributed by atoms with Crippen LogP contribution in [0.1, 0.15) is 25.7 Å². The Morgan fingerprint density at radius 3 is 2.81 bits per heavy atom. The molecule has 0 saturated carbocycles. The van der Waals surface area contributed by atoms with Crippen molar-refractivity contribution in [2.45, 2.75) is 26.5 Å². The highest BCUT2D eigenvalue weighted by molar-refractivity contribution is 5.12. The van der Waals surface area contributed by atoms with Crippen molar-refractivity contribution in [3.8, 4) is 5.75 Å². The molecular weight excluding hydrogens is 208 g/mol. The molecule has 0 unspecified atom stereocenters. The van der Waals surface area contributed by atoms with Crippen molar-refractivity contribution in [2.75, 3.05) is 0 Å². The fourth-order valence-corrected chi connectivity index (χ4v) is 1.21. The summed E-state index contributed by atoms with van der Waals surface area (Å²) in [7, 11) is 1.72. The zero-order chi connectivity index (χ0) is 11.5. The molecule has 0 aliphatic carbocycles. The molecule has 0 amide bonds. The van der Waals surface area contributed by atoms with Crippen molar-refractivity contribution < 1.29 is 4.74 Å². The summed E-state index contributed by atoms with van der Waals surface area (Å²) >= 11 is 0. The summed E-state index contributed by atoms with van der Waals surface area (Å²) in [5.41, 5.74) is 0. The van der Waals surface area contributed by atoms with Gasteiger partial charge in [0.05, 0.1) is 19.4 Å². The van der Waals surface area contributed by atoms with Crippen LogP contribution in [-0.4, -0.2) is 30.0 Å². The highest BCUT2D eigenvalue weighted by Gasteiger charge is 2.05. The molecule has 0 aromatic carbocycles. The number of ether oxygens (including phenoxy) is 1. The number of nitrogens with zero attached hydrogens (tertiary/aromatic N) is 6. The summed E-state index contributed by atoms with van der Waals surface area (Å²) in [6, 6.07) is 0.326. The molecule has 0 radical (unpaired) electrons. The molecule has 86 valence electrons. The smallest absolute Gasteiger partial charge is 0.212 e. The van der Waals surface area contributed by atoms with Crippen LogP contribution in [0.15, 0.2) is 12.4 Å². The van der Waals surface area contributed by atoms with Gasteiger partial charge in [-0.05, 0) is 19.1 Å². The lowest BCUT2D eigenvalue weighted by Crippen LogP contribution is -2.00. The Hall–Kier alpha value is -1.92. The predicted molar refractivity (Wildman–Crippen MR) is 55.7 cm³/mol. The van der Waals surface area contributed by atoms with Crippen molar-refractivity contribution in [1.29, 1.82) is 0 Å². The van der Waals surface area contributed by atoms with Gasteiger partial charge in [0.2, 0.25) is 5.82 Å². The molecule has 2 aromatic rings. The van der Waals surface area contributed by atoms with E-state index in [2.05, 4.69) is 34.4 Å². The van der Waals surface area contributed by atoms with Gasteiger partial charge in [0.25, 0.3) is 0 Å². The summed E-state index contributed by atoms with van der Waals surface area (Å²) in [6.07, 6.45) is 3.53. The minimum Gasteiger partial charge on any atom is -0.482 e. The molecule has 0 spiro atoms. The van der Waals surface area contributed by atoms with E-state index in [1.807, 2.05) is 10.9 Å². The third kappa shape index (κ3) is 2.36. The first-order valence-corrected chi connectivity index (χ1v) is 5.05. The van der Waals surface area contributed by atoms with Crippen molar-refractivity contribution in [2.24, 2.45) is 7.05 Å². The largest absolute Gasteiger partial charge is 0.482 e. The van der Waals surface area contributed by atoms with Crippen LogP contribution in [0.4, 0.5) is 0 Å². The van der Waals surface area contributed by atoms with Gasteiger partial charge in [0.15, 0.2) is 12.4 Å². The van der Waals surface area contributed by atoms with Gasteiger partial charge in [0.1, 0.15) is 0 Å². The molecule has 0 atom stereocenters. The summed E-state index contributed by atoms with van der Waals surface area (Å²) in [5.74, 6) is 1.26. The lowest BCUT2D eigenvalue weighted by Gasteiger charge is -2.03. The molecule has 16 heavy (non-hydrogen) atoms. The fourth-order valence-electron chi connectivity index (χ4n) is 1.21. The first kappa shape index (κ1) is 10.6. The number of hydrogen-bond acceptors (Lipinski definition) is 5. The Bertz CT molecular complexity index is 460. The zero-order valence-electron chi connectivity index (χ0n) is 9.53. The maximum Gasteiger partial charge on any atom is 0.212 e. The van der Waals surface area contributed by atoms with Crippen LogP contribution < -0.4 is 4.74 Å². The Balaban J connectivity index is 1.94. The third-order valence-corrected chi connectivity index (χ3v) is 2.02. The van der Waals surface area contributed by atoms with Gasteiger partial charge >= 0.3 is 0 Å². The van der Waals surface area contributed by atoms with Crippen LogP contribution in [0, 0.1) is 0 Å². The van der Waals surface area contributed by atoms with Gasteiger partial charge in [-0.1, -0.05) is 0 Å². The second-order valence-electron chi connectivity index (χ2n) is 3.73. The van der Waals surface area contributed by atoms with Crippen LogP contribution in [0.3, 0.4) is 0 Å². The summed E-state index contributed by atoms with van der Waals surface area (Å²) < 4.78 is 7.31. The molecule has 0 aliphatic heterocycles. The Kier molecular flexibility index (Phi) is 2.84. The monoisotopic (exact) mass is 222 g/mol. The van der Waals surface area contributed by atoms with Crippen LogP contribution >= 0.6 is 0 Å². The zero-order valence-corrected chi connectivity index (χ0v) is 9.53. The van der Waals surface area contributed by atoms with Crippen LogP contribution in [0.5, 0.6) is 5.75 Å². The van der Waals surface area contributed by atoms with Crippen LogP contribution in [0.2, 0.25) is 0 Å². The van der Waals surface area contributed by atoms with Crippen molar-refractivity contribution in [1.82, 2.24) is 30.0 Å². The van der Waals surface area contributed by atoms with E-state index >= 15 is 0 Å². The standard InChI is InChI=1S/C9H14N6O/c1-7(2)15-5-8(4-10-15)16-6-9-11-13-14(3)12-9/h4-5,7H,6H2,1-3H3. The number of tetrazole rings is 1. The molecule has 2 aromatic heterocycles. The molecule has 2 heterocycles. The third-order valence-electron chi connectivity index (χ3n) is 2.02. The van der Waals surface area contributed by atoms with Crippen molar-refractivity contribution in [3.63, 3.8) is 0 Å². The van der Waals surface area contributed by atoms with E-state index in [1.54, 1.807) is 13.2 Å². The van der Waals surface area contributed by atoms with E-state index in [4.69, 9.17) is 4.74 Å². The highest BCUT2D eigenvalue weighted by atomic mass is 16.5.